The minimum absolute atomic E-state index is 0.566. The van der Waals surface area contributed by atoms with Crippen molar-refractivity contribution < 1.29 is 13.2 Å². The Bertz CT molecular complexity index is 344. The van der Waals surface area contributed by atoms with Crippen LogP contribution in [0.15, 0.2) is 10.2 Å². The van der Waals surface area contributed by atoms with Crippen LogP contribution in [0.1, 0.15) is 97.8 Å². The topological polar surface area (TPSA) is 24.7 Å². The monoisotopic (exact) mass is 334 g/mol. The molecule has 1 aliphatic heterocycles. The first-order chi connectivity index (χ1) is 10.8. The predicted molar refractivity (Wildman–Crippen MR) is 88.5 cm³/mol. The summed E-state index contributed by atoms with van der Waals surface area (Å²) in [6, 6.07) is 0. The molecule has 1 rings (SSSR count). The van der Waals surface area contributed by atoms with Crippen LogP contribution in [0.4, 0.5) is 13.2 Å². The Balaban J connectivity index is 2.57. The average molecular weight is 334 g/mol. The molecular weight excluding hydrogens is 301 g/mol. The van der Waals surface area contributed by atoms with E-state index >= 15 is 0 Å². The first-order valence-electron chi connectivity index (χ1n) is 9.34. The summed E-state index contributed by atoms with van der Waals surface area (Å²) in [4.78, 5) is 0. The average Bonchev–Trinajstić information content (AvgIpc) is 3.28. The SMILES string of the molecule is CCCCCCCC(C)(CCCCCCC)C1(C(F)(F)F)N=N1. The fourth-order valence-electron chi connectivity index (χ4n) is 3.46. The molecule has 23 heavy (non-hydrogen) atoms. The second kappa shape index (κ2) is 9.03. The van der Waals surface area contributed by atoms with Gasteiger partial charge in [0.05, 0.1) is 0 Å². The number of hydrogen-bond acceptors (Lipinski definition) is 2. The van der Waals surface area contributed by atoms with Gasteiger partial charge in [0.15, 0.2) is 0 Å². The first kappa shape index (κ1) is 20.4. The number of rotatable bonds is 13. The van der Waals surface area contributed by atoms with E-state index < -0.39 is 17.3 Å². The summed E-state index contributed by atoms with van der Waals surface area (Å²) in [6.07, 6.45) is 7.30. The van der Waals surface area contributed by atoms with E-state index in [0.29, 0.717) is 12.8 Å². The molecule has 0 N–H and O–H groups in total. The molecule has 0 bridgehead atoms. The van der Waals surface area contributed by atoms with Gasteiger partial charge >= 0.3 is 6.18 Å². The number of nitrogens with zero attached hydrogens (tertiary/aromatic N) is 2. The third-order valence-electron chi connectivity index (χ3n) is 5.20. The van der Waals surface area contributed by atoms with Crippen LogP contribution in [-0.4, -0.2) is 11.8 Å². The highest BCUT2D eigenvalue weighted by Gasteiger charge is 2.72. The van der Waals surface area contributed by atoms with Gasteiger partial charge in [0.25, 0.3) is 5.66 Å². The maximum atomic E-state index is 13.5. The molecule has 0 spiro atoms. The van der Waals surface area contributed by atoms with Gasteiger partial charge in [-0.2, -0.15) is 13.2 Å². The highest BCUT2D eigenvalue weighted by Crippen LogP contribution is 2.59. The zero-order chi connectivity index (χ0) is 17.4. The summed E-state index contributed by atoms with van der Waals surface area (Å²) < 4.78 is 40.4. The predicted octanol–water partition coefficient (Wildman–Crippen LogP) is 7.44. The summed E-state index contributed by atoms with van der Waals surface area (Å²) in [7, 11) is 0. The summed E-state index contributed by atoms with van der Waals surface area (Å²) in [5, 5.41) is 7.01. The van der Waals surface area contributed by atoms with Gasteiger partial charge in [-0.3, -0.25) is 0 Å². The fourth-order valence-corrected chi connectivity index (χ4v) is 3.46. The molecule has 0 atom stereocenters. The third-order valence-corrected chi connectivity index (χ3v) is 5.20. The molecule has 1 aliphatic rings. The Labute approximate surface area is 139 Å². The molecule has 0 saturated heterocycles. The van der Waals surface area contributed by atoms with E-state index in [4.69, 9.17) is 0 Å². The van der Waals surface area contributed by atoms with Crippen LogP contribution in [0, 0.1) is 5.41 Å². The van der Waals surface area contributed by atoms with E-state index in [1.54, 1.807) is 6.92 Å². The summed E-state index contributed by atoms with van der Waals surface area (Å²) in [5.41, 5.74) is -2.99. The maximum absolute atomic E-state index is 13.5. The van der Waals surface area contributed by atoms with E-state index in [0.717, 1.165) is 64.2 Å². The minimum Gasteiger partial charge on any atom is -0.166 e. The van der Waals surface area contributed by atoms with Gasteiger partial charge in [0.2, 0.25) is 0 Å². The standard InChI is InChI=1S/C18H33F3N2/c1-4-6-8-10-12-14-16(3,15-13-11-9-7-5-2)17(22-23-17)18(19,20)21/h4-15H2,1-3H3. The van der Waals surface area contributed by atoms with Gasteiger partial charge in [0, 0.05) is 5.41 Å². The highest BCUT2D eigenvalue weighted by atomic mass is 19.4. The first-order valence-corrected chi connectivity index (χ1v) is 9.34. The molecule has 2 nitrogen and oxygen atoms in total. The maximum Gasteiger partial charge on any atom is 0.438 e. The zero-order valence-electron chi connectivity index (χ0n) is 15.0. The van der Waals surface area contributed by atoms with E-state index in [9.17, 15) is 13.2 Å². The fraction of sp³-hybridized carbons (Fsp3) is 1.00. The molecule has 1 heterocycles. The van der Waals surface area contributed by atoms with Crippen LogP contribution in [0.2, 0.25) is 0 Å². The van der Waals surface area contributed by atoms with Crippen molar-refractivity contribution >= 4 is 0 Å². The summed E-state index contributed by atoms with van der Waals surface area (Å²) in [6.45, 7) is 6.03. The lowest BCUT2D eigenvalue weighted by Crippen LogP contribution is -2.47. The molecule has 136 valence electrons. The summed E-state index contributed by atoms with van der Waals surface area (Å²) in [5.74, 6) is 0. The van der Waals surface area contributed by atoms with Gasteiger partial charge in [-0.15, -0.1) is 10.2 Å². The Morgan fingerprint density at radius 2 is 1.09 bits per heavy atom. The van der Waals surface area contributed by atoms with Crippen molar-refractivity contribution in [2.45, 2.75) is 110 Å². The van der Waals surface area contributed by atoms with Gasteiger partial charge < -0.3 is 0 Å². The van der Waals surface area contributed by atoms with E-state index in [-0.39, 0.29) is 0 Å². The number of alkyl halides is 3. The van der Waals surface area contributed by atoms with Crippen LogP contribution in [0.25, 0.3) is 0 Å². The Morgan fingerprint density at radius 3 is 1.39 bits per heavy atom. The second-order valence-electron chi connectivity index (χ2n) is 7.26. The Kier molecular flexibility index (Phi) is 8.02. The number of unbranched alkanes of at least 4 members (excludes halogenated alkanes) is 8. The van der Waals surface area contributed by atoms with E-state index in [1.165, 1.54) is 0 Å². The molecular formula is C18H33F3N2. The quantitative estimate of drug-likeness (QED) is 0.313. The largest absolute Gasteiger partial charge is 0.438 e. The van der Waals surface area contributed by atoms with Crippen LogP contribution in [-0.2, 0) is 0 Å². The van der Waals surface area contributed by atoms with Gasteiger partial charge in [-0.1, -0.05) is 85.0 Å². The van der Waals surface area contributed by atoms with Crippen LogP contribution in [0.5, 0.6) is 0 Å². The van der Waals surface area contributed by atoms with Gasteiger partial charge in [-0.25, -0.2) is 0 Å². The molecule has 0 radical (unpaired) electrons. The van der Waals surface area contributed by atoms with Gasteiger partial charge in [-0.05, 0) is 12.8 Å². The van der Waals surface area contributed by atoms with Crippen molar-refractivity contribution in [3.8, 4) is 0 Å². The molecule has 0 fully saturated rings. The molecule has 0 amide bonds. The van der Waals surface area contributed by atoms with Crippen molar-refractivity contribution in [3.05, 3.63) is 0 Å². The minimum atomic E-state index is -4.35. The highest BCUT2D eigenvalue weighted by molar-refractivity contribution is 5.11. The second-order valence-corrected chi connectivity index (χ2v) is 7.26. The molecule has 0 aliphatic carbocycles. The smallest absolute Gasteiger partial charge is 0.166 e. The number of hydrogen-bond donors (Lipinski definition) is 0. The van der Waals surface area contributed by atoms with Crippen molar-refractivity contribution in [3.63, 3.8) is 0 Å². The molecule has 5 heteroatoms. The van der Waals surface area contributed by atoms with E-state index in [2.05, 4.69) is 24.1 Å². The molecule has 0 aromatic heterocycles. The molecule has 0 unspecified atom stereocenters. The number of halogens is 3. The zero-order valence-corrected chi connectivity index (χ0v) is 15.0. The van der Waals surface area contributed by atoms with Gasteiger partial charge in [0.1, 0.15) is 0 Å². The summed E-state index contributed by atoms with van der Waals surface area (Å²) >= 11 is 0. The molecule has 0 saturated carbocycles. The van der Waals surface area contributed by atoms with Crippen LogP contribution >= 0.6 is 0 Å². The van der Waals surface area contributed by atoms with Crippen molar-refractivity contribution in [2.75, 3.05) is 0 Å². The lowest BCUT2D eigenvalue weighted by atomic mass is 9.71. The van der Waals surface area contributed by atoms with Crippen molar-refractivity contribution in [1.82, 2.24) is 0 Å². The normalized spacial score (nSPS) is 16.8. The van der Waals surface area contributed by atoms with Crippen LogP contribution in [0.3, 0.4) is 0 Å². The molecule has 0 aromatic rings. The molecule has 0 aromatic carbocycles. The third kappa shape index (κ3) is 5.46. The van der Waals surface area contributed by atoms with E-state index in [1.807, 2.05) is 0 Å². The Hall–Kier alpha value is -0.610. The lowest BCUT2D eigenvalue weighted by Gasteiger charge is -2.36. The lowest BCUT2D eigenvalue weighted by molar-refractivity contribution is -0.194. The van der Waals surface area contributed by atoms with Crippen LogP contribution < -0.4 is 0 Å². The van der Waals surface area contributed by atoms with Crippen molar-refractivity contribution in [1.29, 1.82) is 0 Å². The van der Waals surface area contributed by atoms with Crippen molar-refractivity contribution in [2.24, 2.45) is 15.6 Å². The Morgan fingerprint density at radius 1 is 0.696 bits per heavy atom.